The zero-order valence-corrected chi connectivity index (χ0v) is 8.43. The molecule has 3 nitrogen and oxygen atoms in total. The maximum Gasteiger partial charge on any atom is 0.329 e. The van der Waals surface area contributed by atoms with Crippen LogP contribution in [0.3, 0.4) is 0 Å². The van der Waals surface area contributed by atoms with Crippen molar-refractivity contribution >= 4 is 23.3 Å². The summed E-state index contributed by atoms with van der Waals surface area (Å²) in [6.07, 6.45) is 0.470. The Hall–Kier alpha value is -1.22. The first-order valence-corrected chi connectivity index (χ1v) is 4.69. The van der Waals surface area contributed by atoms with Gasteiger partial charge in [0.1, 0.15) is 5.54 Å². The molecule has 1 aliphatic heterocycles. The first kappa shape index (κ1) is 9.34. The minimum absolute atomic E-state index is 0.470. The van der Waals surface area contributed by atoms with Crippen molar-refractivity contribution in [3.63, 3.8) is 0 Å². The van der Waals surface area contributed by atoms with Gasteiger partial charge in [-0.2, -0.15) is 0 Å². The number of fused-ring (bicyclic) bond motifs is 1. The van der Waals surface area contributed by atoms with E-state index < -0.39 is 11.5 Å². The average Bonchev–Trinajstić information content (AvgIpc) is 2.42. The van der Waals surface area contributed by atoms with Crippen molar-refractivity contribution in [2.45, 2.75) is 18.9 Å². The van der Waals surface area contributed by atoms with E-state index in [4.69, 9.17) is 16.7 Å². The molecule has 1 atom stereocenters. The zero-order chi connectivity index (χ0) is 10.3. The summed E-state index contributed by atoms with van der Waals surface area (Å²) in [5.41, 5.74) is 0.925. The van der Waals surface area contributed by atoms with Crippen LogP contribution in [-0.2, 0) is 11.2 Å². The van der Waals surface area contributed by atoms with Gasteiger partial charge < -0.3 is 10.4 Å². The van der Waals surface area contributed by atoms with E-state index in [9.17, 15) is 4.79 Å². The summed E-state index contributed by atoms with van der Waals surface area (Å²) in [5.74, 6) is -0.843. The Balaban J connectivity index is 2.39. The summed E-state index contributed by atoms with van der Waals surface area (Å²) in [7, 11) is 0. The summed E-state index contributed by atoms with van der Waals surface area (Å²) in [5, 5.41) is 12.6. The maximum absolute atomic E-state index is 11.0. The van der Waals surface area contributed by atoms with Gasteiger partial charge >= 0.3 is 5.97 Å². The summed E-state index contributed by atoms with van der Waals surface area (Å²) in [6.45, 7) is 1.67. The van der Waals surface area contributed by atoms with Crippen molar-refractivity contribution in [2.24, 2.45) is 0 Å². The van der Waals surface area contributed by atoms with Crippen molar-refractivity contribution in [3.8, 4) is 0 Å². The highest BCUT2D eigenvalue weighted by Gasteiger charge is 2.39. The highest BCUT2D eigenvalue weighted by molar-refractivity contribution is 6.30. The molecule has 2 rings (SSSR count). The average molecular weight is 212 g/mol. The lowest BCUT2D eigenvalue weighted by atomic mass is 9.98. The molecule has 0 aromatic heterocycles. The Bertz CT molecular complexity index is 405. The van der Waals surface area contributed by atoms with Gasteiger partial charge in [-0.25, -0.2) is 4.79 Å². The van der Waals surface area contributed by atoms with Crippen molar-refractivity contribution in [1.82, 2.24) is 0 Å². The van der Waals surface area contributed by atoms with Gasteiger partial charge in [-0.3, -0.25) is 0 Å². The van der Waals surface area contributed by atoms with E-state index in [1.807, 2.05) is 6.07 Å². The predicted octanol–water partition coefficient (Wildman–Crippen LogP) is 2.15. The minimum atomic E-state index is -0.896. The number of carboxylic acids is 1. The minimum Gasteiger partial charge on any atom is -0.480 e. The Morgan fingerprint density at radius 1 is 1.64 bits per heavy atom. The number of rotatable bonds is 1. The van der Waals surface area contributed by atoms with E-state index in [1.165, 1.54) is 0 Å². The van der Waals surface area contributed by atoms with Crippen molar-refractivity contribution in [2.75, 3.05) is 5.32 Å². The SMILES string of the molecule is CC1(C(=O)O)Cc2cc(Cl)ccc2N1. The summed E-state index contributed by atoms with van der Waals surface area (Å²) in [6, 6.07) is 5.37. The number of benzene rings is 1. The molecule has 1 heterocycles. The second-order valence-corrected chi connectivity index (χ2v) is 4.18. The molecule has 0 fully saturated rings. The van der Waals surface area contributed by atoms with Gasteiger partial charge in [-0.1, -0.05) is 11.6 Å². The number of carboxylic acid groups (broad SMARTS) is 1. The predicted molar refractivity (Wildman–Crippen MR) is 54.8 cm³/mol. The molecule has 0 radical (unpaired) electrons. The van der Waals surface area contributed by atoms with Crippen LogP contribution in [0.25, 0.3) is 0 Å². The highest BCUT2D eigenvalue weighted by Crippen LogP contribution is 2.33. The third kappa shape index (κ3) is 1.34. The van der Waals surface area contributed by atoms with Crippen LogP contribution in [0.4, 0.5) is 5.69 Å². The fourth-order valence-corrected chi connectivity index (χ4v) is 1.88. The zero-order valence-electron chi connectivity index (χ0n) is 7.67. The van der Waals surface area contributed by atoms with E-state index >= 15 is 0 Å². The number of aliphatic carboxylic acids is 1. The summed E-state index contributed by atoms with van der Waals surface area (Å²) < 4.78 is 0. The fraction of sp³-hybridized carbons (Fsp3) is 0.300. The molecule has 14 heavy (non-hydrogen) atoms. The molecule has 0 saturated heterocycles. The van der Waals surface area contributed by atoms with Gasteiger partial charge in [-0.15, -0.1) is 0 Å². The molecule has 4 heteroatoms. The molecule has 1 aromatic carbocycles. The summed E-state index contributed by atoms with van der Waals surface area (Å²) in [4.78, 5) is 11.0. The molecular formula is C10H10ClNO2. The van der Waals surface area contributed by atoms with Gasteiger partial charge in [0.15, 0.2) is 0 Å². The number of anilines is 1. The van der Waals surface area contributed by atoms with Gasteiger partial charge in [0.2, 0.25) is 0 Å². The summed E-state index contributed by atoms with van der Waals surface area (Å²) >= 11 is 5.82. The van der Waals surface area contributed by atoms with Crippen LogP contribution in [0.15, 0.2) is 18.2 Å². The van der Waals surface area contributed by atoms with Crippen LogP contribution in [0, 0.1) is 0 Å². The smallest absolute Gasteiger partial charge is 0.329 e. The van der Waals surface area contributed by atoms with Crippen LogP contribution in [0.2, 0.25) is 5.02 Å². The Labute approximate surface area is 86.7 Å². The number of nitrogens with one attached hydrogen (secondary N) is 1. The fourth-order valence-electron chi connectivity index (χ4n) is 1.68. The molecular weight excluding hydrogens is 202 g/mol. The monoisotopic (exact) mass is 211 g/mol. The third-order valence-corrected chi connectivity index (χ3v) is 2.73. The lowest BCUT2D eigenvalue weighted by molar-refractivity contribution is -0.141. The number of hydrogen-bond acceptors (Lipinski definition) is 2. The van der Waals surface area contributed by atoms with Gasteiger partial charge in [-0.05, 0) is 30.7 Å². The molecule has 1 aromatic rings. The van der Waals surface area contributed by atoms with Crippen molar-refractivity contribution in [1.29, 1.82) is 0 Å². The highest BCUT2D eigenvalue weighted by atomic mass is 35.5. The topological polar surface area (TPSA) is 49.3 Å². The van der Waals surface area contributed by atoms with Crippen LogP contribution in [0.1, 0.15) is 12.5 Å². The standard InChI is InChI=1S/C10H10ClNO2/c1-10(9(13)14)5-6-4-7(11)2-3-8(6)12-10/h2-4,12H,5H2,1H3,(H,13,14). The van der Waals surface area contributed by atoms with Crippen molar-refractivity contribution < 1.29 is 9.90 Å². The van der Waals surface area contributed by atoms with Gasteiger partial charge in [0.05, 0.1) is 0 Å². The lowest BCUT2D eigenvalue weighted by Gasteiger charge is -2.18. The quantitative estimate of drug-likeness (QED) is 0.749. The molecule has 2 N–H and O–H groups in total. The lowest BCUT2D eigenvalue weighted by Crippen LogP contribution is -2.41. The molecule has 74 valence electrons. The van der Waals surface area contributed by atoms with E-state index in [2.05, 4.69) is 5.32 Å². The van der Waals surface area contributed by atoms with Crippen molar-refractivity contribution in [3.05, 3.63) is 28.8 Å². The molecule has 1 unspecified atom stereocenters. The number of carbonyl (C=O) groups is 1. The molecule has 0 aliphatic carbocycles. The van der Waals surface area contributed by atoms with Crippen LogP contribution >= 0.6 is 11.6 Å². The second kappa shape index (κ2) is 2.89. The molecule has 0 saturated carbocycles. The van der Waals surface area contributed by atoms with Crippen LogP contribution in [-0.4, -0.2) is 16.6 Å². The molecule has 0 spiro atoms. The van der Waals surface area contributed by atoms with E-state index in [0.717, 1.165) is 11.3 Å². The first-order valence-electron chi connectivity index (χ1n) is 4.31. The molecule has 0 bridgehead atoms. The Kier molecular flexibility index (Phi) is 1.93. The molecule has 1 aliphatic rings. The Morgan fingerprint density at radius 3 is 3.00 bits per heavy atom. The molecule has 0 amide bonds. The normalized spacial score (nSPS) is 24.1. The second-order valence-electron chi connectivity index (χ2n) is 3.74. The third-order valence-electron chi connectivity index (χ3n) is 2.49. The van der Waals surface area contributed by atoms with Gasteiger partial charge in [0.25, 0.3) is 0 Å². The Morgan fingerprint density at radius 2 is 2.36 bits per heavy atom. The van der Waals surface area contributed by atoms with E-state index in [0.29, 0.717) is 11.4 Å². The van der Waals surface area contributed by atoms with Crippen LogP contribution in [0.5, 0.6) is 0 Å². The largest absolute Gasteiger partial charge is 0.480 e. The van der Waals surface area contributed by atoms with Gasteiger partial charge in [0, 0.05) is 17.1 Å². The first-order chi connectivity index (χ1) is 6.51. The van der Waals surface area contributed by atoms with E-state index in [1.54, 1.807) is 19.1 Å². The van der Waals surface area contributed by atoms with E-state index in [-0.39, 0.29) is 0 Å². The number of halogens is 1. The maximum atomic E-state index is 11.0. The van der Waals surface area contributed by atoms with Crippen LogP contribution < -0.4 is 5.32 Å². The number of hydrogen-bond donors (Lipinski definition) is 2.